The second-order valence-electron chi connectivity index (χ2n) is 5.82. The molecule has 11 nitrogen and oxygen atoms in total. The number of carbonyl (C=O) groups is 2. The monoisotopic (exact) mass is 384 g/mol. The van der Waals surface area contributed by atoms with Crippen molar-refractivity contribution in [3.63, 3.8) is 0 Å². The Bertz CT molecular complexity index is 679. The van der Waals surface area contributed by atoms with E-state index in [0.717, 1.165) is 17.9 Å². The summed E-state index contributed by atoms with van der Waals surface area (Å²) in [4.78, 5) is 31.0. The largest absolute Gasteiger partial charge is 1.00 e. The van der Waals surface area contributed by atoms with Gasteiger partial charge in [-0.15, -0.1) is 0 Å². The van der Waals surface area contributed by atoms with E-state index in [1.165, 1.54) is 6.08 Å². The molecular formula is C12H17N4NaO7S. The minimum atomic E-state index is -5.09. The summed E-state index contributed by atoms with van der Waals surface area (Å²) in [5.41, 5.74) is 2.87. The number of nitrogens with zero attached hydrogens (tertiary/aromatic N) is 2. The van der Waals surface area contributed by atoms with Crippen molar-refractivity contribution in [2.24, 2.45) is 0 Å². The molecule has 3 amide bonds. The molecule has 2 N–H and O–H groups in total. The Morgan fingerprint density at radius 3 is 2.80 bits per heavy atom. The van der Waals surface area contributed by atoms with Crippen molar-refractivity contribution in [2.75, 3.05) is 19.6 Å². The topological polar surface area (TPSA) is 140 Å². The van der Waals surface area contributed by atoms with E-state index in [9.17, 15) is 22.6 Å². The quantitative estimate of drug-likeness (QED) is 0.158. The van der Waals surface area contributed by atoms with Crippen molar-refractivity contribution >= 4 is 22.3 Å². The first-order valence-electron chi connectivity index (χ1n) is 7.36. The van der Waals surface area contributed by atoms with Crippen LogP contribution in [0.25, 0.3) is 0 Å². The molecule has 0 saturated carbocycles. The van der Waals surface area contributed by atoms with Gasteiger partial charge in [-0.2, -0.15) is 9.35 Å². The number of fused-ring (bicyclic) bond motifs is 2. The second kappa shape index (κ2) is 7.88. The fourth-order valence-electron chi connectivity index (χ4n) is 3.06. The Kier molecular flexibility index (Phi) is 6.49. The van der Waals surface area contributed by atoms with E-state index in [2.05, 4.69) is 15.1 Å². The SMILES string of the molecule is CC1=C[C@@H]2CN(C(=O)N2OS(=O)(=O)[O-])[C@@H]1C(=O)NOC1CCNC1.[Na+]. The molecule has 0 spiro atoms. The van der Waals surface area contributed by atoms with Gasteiger partial charge in [0.05, 0.1) is 18.7 Å². The summed E-state index contributed by atoms with van der Waals surface area (Å²) >= 11 is 0. The van der Waals surface area contributed by atoms with Gasteiger partial charge in [0, 0.05) is 6.54 Å². The number of carbonyl (C=O) groups excluding carboxylic acids is 2. The Hall–Kier alpha value is -0.730. The van der Waals surface area contributed by atoms with Gasteiger partial charge >= 0.3 is 35.6 Å². The molecule has 0 aromatic heterocycles. The van der Waals surface area contributed by atoms with Crippen LogP contribution in [0.1, 0.15) is 13.3 Å². The van der Waals surface area contributed by atoms with Gasteiger partial charge in [0.15, 0.2) is 0 Å². The fourth-order valence-corrected chi connectivity index (χ4v) is 3.43. The van der Waals surface area contributed by atoms with Gasteiger partial charge in [0.2, 0.25) is 10.4 Å². The Labute approximate surface area is 166 Å². The van der Waals surface area contributed by atoms with E-state index in [-0.39, 0.29) is 42.2 Å². The number of rotatable bonds is 5. The van der Waals surface area contributed by atoms with Crippen molar-refractivity contribution in [3.05, 3.63) is 11.6 Å². The van der Waals surface area contributed by atoms with Crippen LogP contribution in [0.3, 0.4) is 0 Å². The average Bonchev–Trinajstić information content (AvgIpc) is 3.07. The van der Waals surface area contributed by atoms with Crippen molar-refractivity contribution in [2.45, 2.75) is 31.5 Å². The van der Waals surface area contributed by atoms with Crippen LogP contribution in [-0.4, -0.2) is 72.7 Å². The van der Waals surface area contributed by atoms with E-state index in [4.69, 9.17) is 4.84 Å². The molecule has 25 heavy (non-hydrogen) atoms. The second-order valence-corrected chi connectivity index (χ2v) is 6.79. The molecular weight excluding hydrogens is 367 g/mol. The van der Waals surface area contributed by atoms with Gasteiger partial charge in [-0.05, 0) is 25.5 Å². The molecule has 3 heterocycles. The molecule has 3 rings (SSSR count). The molecule has 0 aromatic carbocycles. The fraction of sp³-hybridized carbons (Fsp3) is 0.667. The minimum absolute atomic E-state index is 0. The number of hydrogen-bond acceptors (Lipinski definition) is 8. The molecule has 3 atom stereocenters. The van der Waals surface area contributed by atoms with Crippen LogP contribution in [0.5, 0.6) is 0 Å². The van der Waals surface area contributed by atoms with Crippen LogP contribution >= 0.6 is 0 Å². The van der Waals surface area contributed by atoms with E-state index in [1.807, 2.05) is 0 Å². The molecule has 2 fully saturated rings. The summed E-state index contributed by atoms with van der Waals surface area (Å²) < 4.78 is 36.4. The first-order chi connectivity index (χ1) is 11.3. The molecule has 3 aliphatic rings. The van der Waals surface area contributed by atoms with Crippen LogP contribution < -0.4 is 40.4 Å². The average molecular weight is 384 g/mol. The maximum absolute atomic E-state index is 12.4. The summed E-state index contributed by atoms with van der Waals surface area (Å²) in [5.74, 6) is -0.547. The van der Waals surface area contributed by atoms with Crippen LogP contribution in [0, 0.1) is 0 Å². The standard InChI is InChI=1S/C12H18N4O7S.Na/c1-7-4-8-6-15(12(18)16(8)23-24(19,20)21)10(7)11(17)14-22-9-2-3-13-5-9;/h4,8-10,13H,2-3,5-6H2,1H3,(H,14,17)(H,19,20,21);/q;+1/p-1/t8-,9?,10+;/m1./s1. The van der Waals surface area contributed by atoms with Crippen LogP contribution in [0.15, 0.2) is 11.6 Å². The number of amides is 3. The summed E-state index contributed by atoms with van der Waals surface area (Å²) in [5, 5.41) is 3.56. The van der Waals surface area contributed by atoms with E-state index >= 15 is 0 Å². The van der Waals surface area contributed by atoms with Gasteiger partial charge in [-0.25, -0.2) is 18.7 Å². The van der Waals surface area contributed by atoms with Gasteiger partial charge in [-0.1, -0.05) is 6.08 Å². The van der Waals surface area contributed by atoms with Gasteiger partial charge in [0.1, 0.15) is 6.04 Å². The zero-order valence-corrected chi connectivity index (χ0v) is 16.6. The minimum Gasteiger partial charge on any atom is -0.724 e. The third-order valence-corrected chi connectivity index (χ3v) is 4.42. The molecule has 3 aliphatic heterocycles. The first kappa shape index (κ1) is 20.6. The molecule has 13 heteroatoms. The molecule has 1 unspecified atom stereocenters. The van der Waals surface area contributed by atoms with E-state index < -0.39 is 34.4 Å². The summed E-state index contributed by atoms with van der Waals surface area (Å²) in [6.45, 7) is 3.08. The molecule has 0 aliphatic carbocycles. The van der Waals surface area contributed by atoms with Gasteiger partial charge in [0.25, 0.3) is 5.91 Å². The predicted octanol–water partition coefficient (Wildman–Crippen LogP) is -4.77. The summed E-state index contributed by atoms with van der Waals surface area (Å²) in [6.07, 6.45) is 2.14. The molecule has 2 saturated heterocycles. The normalized spacial score (nSPS) is 28.6. The maximum atomic E-state index is 12.4. The molecule has 0 aromatic rings. The molecule has 2 bridgehead atoms. The Morgan fingerprint density at radius 1 is 1.48 bits per heavy atom. The van der Waals surface area contributed by atoms with Crippen molar-refractivity contribution in [1.29, 1.82) is 0 Å². The van der Waals surface area contributed by atoms with Gasteiger partial charge < -0.3 is 14.8 Å². The Morgan fingerprint density at radius 2 is 2.20 bits per heavy atom. The number of nitrogens with one attached hydrogen (secondary N) is 2. The van der Waals surface area contributed by atoms with Crippen molar-refractivity contribution in [1.82, 2.24) is 20.8 Å². The van der Waals surface area contributed by atoms with Crippen molar-refractivity contribution in [3.8, 4) is 0 Å². The van der Waals surface area contributed by atoms with E-state index in [0.29, 0.717) is 17.2 Å². The maximum Gasteiger partial charge on any atom is 1.00 e. The van der Waals surface area contributed by atoms with Crippen LogP contribution in [-0.2, 0) is 24.3 Å². The molecule has 0 radical (unpaired) electrons. The van der Waals surface area contributed by atoms with Crippen molar-refractivity contribution < 1.29 is 61.2 Å². The van der Waals surface area contributed by atoms with Crippen LogP contribution in [0.2, 0.25) is 0 Å². The molecule has 134 valence electrons. The number of hydrogen-bond donors (Lipinski definition) is 2. The number of urea groups is 1. The smallest absolute Gasteiger partial charge is 0.724 e. The zero-order chi connectivity index (χ0) is 17.5. The van der Waals surface area contributed by atoms with Gasteiger partial charge in [-0.3, -0.25) is 9.63 Å². The number of hydroxylamine groups is 3. The summed E-state index contributed by atoms with van der Waals surface area (Å²) in [7, 11) is -5.09. The Balaban J connectivity index is 0.00000225. The third kappa shape index (κ3) is 4.52. The van der Waals surface area contributed by atoms with Crippen LogP contribution in [0.4, 0.5) is 4.79 Å². The first-order valence-corrected chi connectivity index (χ1v) is 8.69. The summed E-state index contributed by atoms with van der Waals surface area (Å²) in [6, 6.07) is -2.56. The predicted molar refractivity (Wildman–Crippen MR) is 76.6 cm³/mol. The third-order valence-electron chi connectivity index (χ3n) is 4.08. The zero-order valence-electron chi connectivity index (χ0n) is 13.8. The van der Waals surface area contributed by atoms with E-state index in [1.54, 1.807) is 6.92 Å².